The van der Waals surface area contributed by atoms with E-state index >= 15 is 0 Å². The van der Waals surface area contributed by atoms with Crippen LogP contribution in [0.15, 0.2) is 42.5 Å². The number of rotatable bonds is 3. The molecule has 3 rings (SSSR count). The molecule has 2 heteroatoms. The number of piperidine rings is 1. The molecular weight excluding hydrogens is 232 g/mol. The van der Waals surface area contributed by atoms with E-state index in [0.29, 0.717) is 6.04 Å². The lowest BCUT2D eigenvalue weighted by Gasteiger charge is -2.32. The minimum absolute atomic E-state index is 0.712. The van der Waals surface area contributed by atoms with E-state index in [1.807, 2.05) is 0 Å². The van der Waals surface area contributed by atoms with E-state index in [4.69, 9.17) is 0 Å². The minimum atomic E-state index is 0.712. The van der Waals surface area contributed by atoms with E-state index in [2.05, 4.69) is 59.7 Å². The number of nitrogens with zero attached hydrogens (tertiary/aromatic N) is 1. The molecule has 2 aromatic rings. The summed E-state index contributed by atoms with van der Waals surface area (Å²) < 4.78 is 0. The molecule has 0 bridgehead atoms. The van der Waals surface area contributed by atoms with Gasteiger partial charge in [0.2, 0.25) is 0 Å². The van der Waals surface area contributed by atoms with Gasteiger partial charge in [-0.15, -0.1) is 0 Å². The SMILES string of the molecule is CNC1CCN(Cc2cccc3ccccc23)CC1. The Balaban J connectivity index is 1.75. The molecule has 1 aliphatic rings. The maximum atomic E-state index is 3.39. The molecule has 1 aliphatic heterocycles. The Morgan fingerprint density at radius 2 is 1.79 bits per heavy atom. The van der Waals surface area contributed by atoms with Crippen molar-refractivity contribution in [3.8, 4) is 0 Å². The lowest BCUT2D eigenvalue weighted by atomic mass is 10.0. The number of fused-ring (bicyclic) bond motifs is 1. The normalized spacial score (nSPS) is 17.9. The van der Waals surface area contributed by atoms with Crippen molar-refractivity contribution in [3.05, 3.63) is 48.0 Å². The van der Waals surface area contributed by atoms with E-state index in [-0.39, 0.29) is 0 Å². The molecule has 0 amide bonds. The number of benzene rings is 2. The maximum Gasteiger partial charge on any atom is 0.0239 e. The van der Waals surface area contributed by atoms with Crippen molar-refractivity contribution in [3.63, 3.8) is 0 Å². The summed E-state index contributed by atoms with van der Waals surface area (Å²) in [4.78, 5) is 2.58. The molecule has 2 aromatic carbocycles. The highest BCUT2D eigenvalue weighted by Gasteiger charge is 2.17. The molecular formula is C17H22N2. The van der Waals surface area contributed by atoms with Gasteiger partial charge in [-0.25, -0.2) is 0 Å². The number of hydrogen-bond donors (Lipinski definition) is 1. The van der Waals surface area contributed by atoms with Gasteiger partial charge in [-0.3, -0.25) is 4.90 Å². The van der Waals surface area contributed by atoms with Crippen LogP contribution in [0.5, 0.6) is 0 Å². The average molecular weight is 254 g/mol. The van der Waals surface area contributed by atoms with Gasteiger partial charge in [0.05, 0.1) is 0 Å². The Kier molecular flexibility index (Phi) is 3.81. The average Bonchev–Trinajstić information content (AvgIpc) is 2.48. The number of nitrogens with one attached hydrogen (secondary N) is 1. The van der Waals surface area contributed by atoms with Crippen LogP contribution >= 0.6 is 0 Å². The summed E-state index contributed by atoms with van der Waals surface area (Å²) in [6.45, 7) is 3.49. The molecule has 0 atom stereocenters. The van der Waals surface area contributed by atoms with Crippen LogP contribution in [-0.4, -0.2) is 31.1 Å². The van der Waals surface area contributed by atoms with Gasteiger partial charge in [-0.1, -0.05) is 42.5 Å². The molecule has 1 heterocycles. The Labute approximate surface area is 115 Å². The van der Waals surface area contributed by atoms with Gasteiger partial charge in [0, 0.05) is 12.6 Å². The number of hydrogen-bond acceptors (Lipinski definition) is 2. The first kappa shape index (κ1) is 12.6. The van der Waals surface area contributed by atoms with Gasteiger partial charge < -0.3 is 5.32 Å². The Morgan fingerprint density at radius 1 is 1.05 bits per heavy atom. The molecule has 0 aliphatic carbocycles. The van der Waals surface area contributed by atoms with Gasteiger partial charge in [0.1, 0.15) is 0 Å². The van der Waals surface area contributed by atoms with Crippen LogP contribution in [0.2, 0.25) is 0 Å². The molecule has 0 saturated carbocycles. The summed E-state index contributed by atoms with van der Waals surface area (Å²) in [6.07, 6.45) is 2.53. The Bertz CT molecular complexity index is 536. The first-order valence-electron chi connectivity index (χ1n) is 7.23. The molecule has 1 fully saturated rings. The van der Waals surface area contributed by atoms with Crippen molar-refractivity contribution in [1.82, 2.24) is 10.2 Å². The van der Waals surface area contributed by atoms with Gasteiger partial charge in [0.25, 0.3) is 0 Å². The van der Waals surface area contributed by atoms with Crippen LogP contribution in [-0.2, 0) is 6.54 Å². The summed E-state index contributed by atoms with van der Waals surface area (Å²) in [7, 11) is 2.07. The fraction of sp³-hybridized carbons (Fsp3) is 0.412. The fourth-order valence-corrected chi connectivity index (χ4v) is 3.05. The zero-order valence-corrected chi connectivity index (χ0v) is 11.6. The van der Waals surface area contributed by atoms with Crippen molar-refractivity contribution >= 4 is 10.8 Å². The topological polar surface area (TPSA) is 15.3 Å². The van der Waals surface area contributed by atoms with Crippen molar-refractivity contribution in [2.75, 3.05) is 20.1 Å². The second kappa shape index (κ2) is 5.72. The third-order valence-corrected chi connectivity index (χ3v) is 4.27. The van der Waals surface area contributed by atoms with Crippen LogP contribution in [0.1, 0.15) is 18.4 Å². The molecule has 19 heavy (non-hydrogen) atoms. The zero-order valence-electron chi connectivity index (χ0n) is 11.6. The lowest BCUT2D eigenvalue weighted by Crippen LogP contribution is -2.40. The van der Waals surface area contributed by atoms with Crippen LogP contribution in [0.3, 0.4) is 0 Å². The van der Waals surface area contributed by atoms with E-state index in [1.165, 1.54) is 42.3 Å². The predicted molar refractivity (Wildman–Crippen MR) is 81.3 cm³/mol. The van der Waals surface area contributed by atoms with Crippen LogP contribution in [0, 0.1) is 0 Å². The second-order valence-electron chi connectivity index (χ2n) is 5.48. The van der Waals surface area contributed by atoms with Gasteiger partial charge in [0.15, 0.2) is 0 Å². The summed E-state index contributed by atoms with van der Waals surface area (Å²) >= 11 is 0. The molecule has 0 spiro atoms. The minimum Gasteiger partial charge on any atom is -0.317 e. The Hall–Kier alpha value is -1.38. The molecule has 100 valence electrons. The molecule has 0 aromatic heterocycles. The second-order valence-corrected chi connectivity index (χ2v) is 5.48. The first-order valence-corrected chi connectivity index (χ1v) is 7.23. The van der Waals surface area contributed by atoms with Crippen LogP contribution in [0.4, 0.5) is 0 Å². The van der Waals surface area contributed by atoms with E-state index in [1.54, 1.807) is 0 Å². The van der Waals surface area contributed by atoms with Crippen molar-refractivity contribution in [2.24, 2.45) is 0 Å². The van der Waals surface area contributed by atoms with E-state index < -0.39 is 0 Å². The monoisotopic (exact) mass is 254 g/mol. The van der Waals surface area contributed by atoms with Crippen molar-refractivity contribution in [2.45, 2.75) is 25.4 Å². The molecule has 1 N–H and O–H groups in total. The first-order chi connectivity index (χ1) is 9.36. The van der Waals surface area contributed by atoms with Gasteiger partial charge in [-0.2, -0.15) is 0 Å². The summed E-state index contributed by atoms with van der Waals surface area (Å²) in [6, 6.07) is 16.1. The molecule has 1 saturated heterocycles. The third-order valence-electron chi connectivity index (χ3n) is 4.27. The van der Waals surface area contributed by atoms with Gasteiger partial charge in [-0.05, 0) is 49.3 Å². The van der Waals surface area contributed by atoms with E-state index in [9.17, 15) is 0 Å². The highest BCUT2D eigenvalue weighted by atomic mass is 15.1. The van der Waals surface area contributed by atoms with Crippen molar-refractivity contribution < 1.29 is 0 Å². The van der Waals surface area contributed by atoms with Crippen LogP contribution in [0.25, 0.3) is 10.8 Å². The lowest BCUT2D eigenvalue weighted by molar-refractivity contribution is 0.195. The summed E-state index contributed by atoms with van der Waals surface area (Å²) in [5.41, 5.74) is 1.46. The van der Waals surface area contributed by atoms with Crippen molar-refractivity contribution in [1.29, 1.82) is 0 Å². The quantitative estimate of drug-likeness (QED) is 0.905. The van der Waals surface area contributed by atoms with Gasteiger partial charge >= 0.3 is 0 Å². The maximum absolute atomic E-state index is 3.39. The standard InChI is InChI=1S/C17H22N2/c1-18-16-9-11-19(12-10-16)13-15-7-4-6-14-5-2-3-8-17(14)15/h2-8,16,18H,9-13H2,1H3. The van der Waals surface area contributed by atoms with E-state index in [0.717, 1.165) is 6.54 Å². The summed E-state index contributed by atoms with van der Waals surface area (Å²) in [5.74, 6) is 0. The molecule has 2 nitrogen and oxygen atoms in total. The van der Waals surface area contributed by atoms with Crippen LogP contribution < -0.4 is 5.32 Å². The highest BCUT2D eigenvalue weighted by Crippen LogP contribution is 2.21. The largest absolute Gasteiger partial charge is 0.317 e. The Morgan fingerprint density at radius 3 is 2.58 bits per heavy atom. The fourth-order valence-electron chi connectivity index (χ4n) is 3.05. The highest BCUT2D eigenvalue weighted by molar-refractivity contribution is 5.85. The molecule has 0 radical (unpaired) electrons. The smallest absolute Gasteiger partial charge is 0.0239 e. The number of likely N-dealkylation sites (tertiary alicyclic amines) is 1. The molecule has 0 unspecified atom stereocenters. The predicted octanol–water partition coefficient (Wildman–Crippen LogP) is 3.02. The third kappa shape index (κ3) is 2.80. The zero-order chi connectivity index (χ0) is 13.1. The summed E-state index contributed by atoms with van der Waals surface area (Å²) in [5, 5.41) is 6.15.